The molecule has 10 heteroatoms. The summed E-state index contributed by atoms with van der Waals surface area (Å²) in [5.74, 6) is -0.0407. The lowest BCUT2D eigenvalue weighted by Gasteiger charge is -2.27. The zero-order valence-electron chi connectivity index (χ0n) is 15.2. The fourth-order valence-corrected chi connectivity index (χ4v) is 3.90. The summed E-state index contributed by atoms with van der Waals surface area (Å²) in [6.07, 6.45) is -3.51. The van der Waals surface area contributed by atoms with E-state index in [0.717, 1.165) is 30.8 Å². The van der Waals surface area contributed by atoms with Crippen LogP contribution in [0.2, 0.25) is 0 Å². The molecule has 0 bridgehead atoms. The minimum atomic E-state index is -4.76. The van der Waals surface area contributed by atoms with Crippen LogP contribution in [-0.2, 0) is 16.0 Å². The van der Waals surface area contributed by atoms with E-state index in [0.29, 0.717) is 27.6 Å². The van der Waals surface area contributed by atoms with E-state index in [1.807, 2.05) is 0 Å². The monoisotopic (exact) mass is 415 g/mol. The van der Waals surface area contributed by atoms with E-state index in [4.69, 9.17) is 0 Å². The van der Waals surface area contributed by atoms with Crippen molar-refractivity contribution >= 4 is 33.2 Å². The van der Waals surface area contributed by atoms with Crippen molar-refractivity contribution in [2.24, 2.45) is 5.92 Å². The van der Waals surface area contributed by atoms with Gasteiger partial charge in [-0.25, -0.2) is 4.98 Å². The van der Waals surface area contributed by atoms with E-state index in [1.165, 1.54) is 23.1 Å². The van der Waals surface area contributed by atoms with Crippen molar-refractivity contribution in [1.29, 1.82) is 0 Å². The van der Waals surface area contributed by atoms with Crippen molar-refractivity contribution in [3.8, 4) is 5.75 Å². The van der Waals surface area contributed by atoms with Gasteiger partial charge in [-0.05, 0) is 43.6 Å². The van der Waals surface area contributed by atoms with E-state index >= 15 is 0 Å². The standard InChI is InChI=1S/C18H20F3N3O3S/c1-24(17(26)5-2-11-8-22-9-11)10-12(25)6-16-23-14-4-3-13(7-15(14)28-16)27-18(19,20)21/h3-4,7,11,22H,2,5-6,8-10H2,1H3. The third kappa shape index (κ3) is 5.65. The zero-order valence-corrected chi connectivity index (χ0v) is 16.0. The fourth-order valence-electron chi connectivity index (χ4n) is 2.87. The lowest BCUT2D eigenvalue weighted by molar-refractivity contribution is -0.274. The van der Waals surface area contributed by atoms with E-state index in [1.54, 1.807) is 7.05 Å². The lowest BCUT2D eigenvalue weighted by Crippen LogP contribution is -2.42. The van der Waals surface area contributed by atoms with Crippen molar-refractivity contribution in [1.82, 2.24) is 15.2 Å². The van der Waals surface area contributed by atoms with Gasteiger partial charge in [0.1, 0.15) is 10.8 Å². The van der Waals surface area contributed by atoms with Gasteiger partial charge < -0.3 is 15.0 Å². The number of aromatic nitrogens is 1. The number of alkyl halides is 3. The number of ketones is 1. The second-order valence-corrected chi connectivity index (χ2v) is 7.93. The van der Waals surface area contributed by atoms with Gasteiger partial charge in [-0.1, -0.05) is 0 Å². The van der Waals surface area contributed by atoms with Crippen LogP contribution in [0.15, 0.2) is 18.2 Å². The number of fused-ring (bicyclic) bond motifs is 1. The highest BCUT2D eigenvalue weighted by molar-refractivity contribution is 7.18. The molecule has 0 radical (unpaired) electrons. The predicted octanol–water partition coefficient (Wildman–Crippen LogP) is 2.76. The molecule has 0 atom stereocenters. The van der Waals surface area contributed by atoms with Crippen molar-refractivity contribution in [3.63, 3.8) is 0 Å². The highest BCUT2D eigenvalue weighted by Gasteiger charge is 2.31. The third-order valence-electron chi connectivity index (χ3n) is 4.46. The van der Waals surface area contributed by atoms with Gasteiger partial charge in [-0.3, -0.25) is 9.59 Å². The summed E-state index contributed by atoms with van der Waals surface area (Å²) >= 11 is 1.14. The number of hydrogen-bond donors (Lipinski definition) is 1. The Kier molecular flexibility index (Phi) is 6.19. The Labute approximate surface area is 163 Å². The molecular formula is C18H20F3N3O3S. The van der Waals surface area contributed by atoms with E-state index in [2.05, 4.69) is 15.0 Å². The number of likely N-dealkylation sites (N-methyl/N-ethyl adjacent to an activating group) is 1. The molecule has 1 aliphatic rings. The number of benzene rings is 1. The molecule has 1 fully saturated rings. The van der Waals surface area contributed by atoms with Crippen LogP contribution in [0.1, 0.15) is 17.8 Å². The predicted molar refractivity (Wildman–Crippen MR) is 98.2 cm³/mol. The molecule has 1 N–H and O–H groups in total. The first-order chi connectivity index (χ1) is 13.2. The van der Waals surface area contributed by atoms with E-state index in [9.17, 15) is 22.8 Å². The normalized spacial score (nSPS) is 14.7. The zero-order chi connectivity index (χ0) is 20.3. The molecule has 0 unspecified atom stereocenters. The topological polar surface area (TPSA) is 71.5 Å². The number of amides is 1. The number of hydrogen-bond acceptors (Lipinski definition) is 6. The largest absolute Gasteiger partial charge is 0.573 e. The number of ether oxygens (including phenoxy) is 1. The Morgan fingerprint density at radius 3 is 2.75 bits per heavy atom. The highest BCUT2D eigenvalue weighted by Crippen LogP contribution is 2.29. The number of carbonyl (C=O) groups is 2. The smallest absolute Gasteiger partial charge is 0.406 e. The van der Waals surface area contributed by atoms with E-state index in [-0.39, 0.29) is 30.4 Å². The number of nitrogens with zero attached hydrogens (tertiary/aromatic N) is 2. The minimum Gasteiger partial charge on any atom is -0.406 e. The Morgan fingerprint density at radius 2 is 2.11 bits per heavy atom. The number of nitrogens with one attached hydrogen (secondary N) is 1. The van der Waals surface area contributed by atoms with Crippen LogP contribution in [0.4, 0.5) is 13.2 Å². The maximum atomic E-state index is 12.3. The molecule has 3 rings (SSSR count). The summed E-state index contributed by atoms with van der Waals surface area (Å²) in [4.78, 5) is 30.0. The van der Waals surface area contributed by atoms with Gasteiger partial charge in [-0.15, -0.1) is 24.5 Å². The molecule has 152 valence electrons. The number of Topliss-reactive ketones (excluding diaryl/α,β-unsaturated/α-hetero) is 1. The molecule has 2 aromatic rings. The molecule has 6 nitrogen and oxygen atoms in total. The first-order valence-corrected chi connectivity index (χ1v) is 9.63. The molecule has 0 aliphatic carbocycles. The van der Waals surface area contributed by atoms with Crippen LogP contribution >= 0.6 is 11.3 Å². The Balaban J connectivity index is 1.54. The number of thiazole rings is 1. The second kappa shape index (κ2) is 8.44. The van der Waals surface area contributed by atoms with Crippen molar-refractivity contribution in [2.75, 3.05) is 26.7 Å². The maximum absolute atomic E-state index is 12.3. The average Bonchev–Trinajstić information content (AvgIpc) is 2.92. The summed E-state index contributed by atoms with van der Waals surface area (Å²) < 4.78 is 41.3. The van der Waals surface area contributed by atoms with Crippen molar-refractivity contribution in [2.45, 2.75) is 25.6 Å². The Bertz CT molecular complexity index is 865. The van der Waals surface area contributed by atoms with E-state index < -0.39 is 6.36 Å². The Morgan fingerprint density at radius 1 is 1.36 bits per heavy atom. The maximum Gasteiger partial charge on any atom is 0.573 e. The summed E-state index contributed by atoms with van der Waals surface area (Å²) in [5.41, 5.74) is 0.501. The van der Waals surface area contributed by atoms with Crippen LogP contribution in [0, 0.1) is 5.92 Å². The van der Waals surface area contributed by atoms with Gasteiger partial charge >= 0.3 is 6.36 Å². The van der Waals surface area contributed by atoms with Crippen molar-refractivity contribution < 1.29 is 27.5 Å². The molecule has 1 aliphatic heterocycles. The molecule has 1 aromatic heterocycles. The van der Waals surface area contributed by atoms with Gasteiger partial charge in [0, 0.05) is 13.5 Å². The van der Waals surface area contributed by atoms with Crippen LogP contribution in [-0.4, -0.2) is 54.6 Å². The van der Waals surface area contributed by atoms with Crippen LogP contribution in [0.25, 0.3) is 10.2 Å². The molecule has 2 heterocycles. The summed E-state index contributed by atoms with van der Waals surface area (Å²) in [6, 6.07) is 3.86. The molecule has 0 saturated carbocycles. The summed E-state index contributed by atoms with van der Waals surface area (Å²) in [5, 5.41) is 3.64. The highest BCUT2D eigenvalue weighted by atomic mass is 32.1. The fraction of sp³-hybridized carbons (Fsp3) is 0.500. The van der Waals surface area contributed by atoms with Crippen LogP contribution in [0.3, 0.4) is 0 Å². The van der Waals surface area contributed by atoms with Gasteiger partial charge in [0.2, 0.25) is 5.91 Å². The van der Waals surface area contributed by atoms with Crippen LogP contribution in [0.5, 0.6) is 5.75 Å². The van der Waals surface area contributed by atoms with Gasteiger partial charge in [0.05, 0.1) is 23.2 Å². The first-order valence-electron chi connectivity index (χ1n) is 8.81. The number of halogens is 3. The molecule has 28 heavy (non-hydrogen) atoms. The van der Waals surface area contributed by atoms with Gasteiger partial charge in [-0.2, -0.15) is 0 Å². The SMILES string of the molecule is CN(CC(=O)Cc1nc2ccc(OC(F)(F)F)cc2s1)C(=O)CCC1CNC1. The first kappa shape index (κ1) is 20.5. The summed E-state index contributed by atoms with van der Waals surface area (Å²) in [6.45, 7) is 1.85. The van der Waals surface area contributed by atoms with Gasteiger partial charge in [0.15, 0.2) is 5.78 Å². The second-order valence-electron chi connectivity index (χ2n) is 6.81. The van der Waals surface area contributed by atoms with Crippen LogP contribution < -0.4 is 10.1 Å². The van der Waals surface area contributed by atoms with Gasteiger partial charge in [0.25, 0.3) is 0 Å². The quantitative estimate of drug-likeness (QED) is 0.718. The third-order valence-corrected chi connectivity index (χ3v) is 5.48. The number of rotatable bonds is 8. The number of carbonyl (C=O) groups excluding carboxylic acids is 2. The van der Waals surface area contributed by atoms with Crippen molar-refractivity contribution in [3.05, 3.63) is 23.2 Å². The molecule has 1 saturated heterocycles. The Hall–Kier alpha value is -2.20. The average molecular weight is 415 g/mol. The summed E-state index contributed by atoms with van der Waals surface area (Å²) in [7, 11) is 1.60. The molecule has 1 amide bonds. The molecule has 0 spiro atoms. The molecule has 1 aromatic carbocycles. The lowest BCUT2D eigenvalue weighted by atomic mass is 9.97. The molecular weight excluding hydrogens is 395 g/mol. The minimum absolute atomic E-state index is 0.0138.